The summed E-state index contributed by atoms with van der Waals surface area (Å²) in [7, 11) is 1.21. The third-order valence-corrected chi connectivity index (χ3v) is 5.31. The quantitative estimate of drug-likeness (QED) is 0.579. The monoisotopic (exact) mass is 392 g/mol. The predicted octanol–water partition coefficient (Wildman–Crippen LogP) is 2.55. The number of nitrogens with zero attached hydrogens (tertiary/aromatic N) is 3. The van der Waals surface area contributed by atoms with Gasteiger partial charge in [0.05, 0.1) is 10.6 Å². The van der Waals surface area contributed by atoms with Gasteiger partial charge in [-0.2, -0.15) is 13.2 Å². The van der Waals surface area contributed by atoms with E-state index in [1.807, 2.05) is 0 Å². The van der Waals surface area contributed by atoms with E-state index in [0.717, 1.165) is 21.2 Å². The first-order valence-electron chi connectivity index (χ1n) is 7.14. The molecule has 25 heavy (non-hydrogen) atoms. The molecule has 2 rings (SSSR count). The number of halogens is 3. The van der Waals surface area contributed by atoms with Gasteiger partial charge in [-0.1, -0.05) is 11.8 Å². The van der Waals surface area contributed by atoms with Crippen LogP contribution >= 0.6 is 23.1 Å². The number of aromatic nitrogens is 3. The Labute approximate surface area is 149 Å². The second kappa shape index (κ2) is 8.00. The molecule has 0 atom stereocenters. The molecule has 1 N–H and O–H groups in total. The van der Waals surface area contributed by atoms with Crippen LogP contribution in [0.15, 0.2) is 17.3 Å². The third kappa shape index (κ3) is 5.30. The summed E-state index contributed by atoms with van der Waals surface area (Å²) in [6.45, 7) is 1.91. The number of amides is 1. The molecule has 136 valence electrons. The smallest absolute Gasteiger partial charge is 0.356 e. The van der Waals surface area contributed by atoms with E-state index in [-0.39, 0.29) is 22.6 Å². The van der Waals surface area contributed by atoms with Crippen LogP contribution in [-0.4, -0.2) is 38.8 Å². The minimum atomic E-state index is -4.58. The SMILES string of the molecule is CC(=O)NCCc1ccc(C(=O)CSc2nnc(C(F)(F)F)n2C)s1. The van der Waals surface area contributed by atoms with Gasteiger partial charge in [-0.3, -0.25) is 9.59 Å². The lowest BCUT2D eigenvalue weighted by Gasteiger charge is -2.05. The van der Waals surface area contributed by atoms with Crippen LogP contribution in [0.1, 0.15) is 27.3 Å². The molecule has 11 heteroatoms. The maximum absolute atomic E-state index is 12.7. The van der Waals surface area contributed by atoms with E-state index in [1.165, 1.54) is 25.3 Å². The Morgan fingerprint density at radius 1 is 1.32 bits per heavy atom. The van der Waals surface area contributed by atoms with Crippen LogP contribution in [0.4, 0.5) is 13.2 Å². The lowest BCUT2D eigenvalue weighted by Crippen LogP contribution is -2.22. The van der Waals surface area contributed by atoms with Crippen molar-refractivity contribution in [1.82, 2.24) is 20.1 Å². The van der Waals surface area contributed by atoms with E-state index in [9.17, 15) is 22.8 Å². The number of nitrogens with one attached hydrogen (secondary N) is 1. The first-order chi connectivity index (χ1) is 11.7. The number of ketones is 1. The van der Waals surface area contributed by atoms with Crippen molar-refractivity contribution in [1.29, 1.82) is 0 Å². The van der Waals surface area contributed by atoms with Crippen molar-refractivity contribution in [3.63, 3.8) is 0 Å². The van der Waals surface area contributed by atoms with Crippen molar-refractivity contribution in [2.45, 2.75) is 24.7 Å². The van der Waals surface area contributed by atoms with Gasteiger partial charge in [0.2, 0.25) is 11.7 Å². The molecule has 6 nitrogen and oxygen atoms in total. The molecule has 0 aromatic carbocycles. The van der Waals surface area contributed by atoms with Gasteiger partial charge in [0.1, 0.15) is 0 Å². The number of hydrogen-bond donors (Lipinski definition) is 1. The first-order valence-corrected chi connectivity index (χ1v) is 8.94. The van der Waals surface area contributed by atoms with Crippen molar-refractivity contribution in [3.8, 4) is 0 Å². The Hall–Kier alpha value is -1.88. The minimum absolute atomic E-state index is 0.0307. The highest BCUT2D eigenvalue weighted by Gasteiger charge is 2.37. The van der Waals surface area contributed by atoms with E-state index in [0.29, 0.717) is 17.8 Å². The molecule has 0 radical (unpaired) electrons. The summed E-state index contributed by atoms with van der Waals surface area (Å²) in [6.07, 6.45) is -3.97. The van der Waals surface area contributed by atoms with E-state index >= 15 is 0 Å². The van der Waals surface area contributed by atoms with Gasteiger partial charge in [-0.05, 0) is 18.6 Å². The number of thioether (sulfide) groups is 1. The number of carbonyl (C=O) groups is 2. The van der Waals surface area contributed by atoms with Crippen LogP contribution in [0.2, 0.25) is 0 Å². The van der Waals surface area contributed by atoms with Gasteiger partial charge in [-0.25, -0.2) is 0 Å². The molecule has 0 unspecified atom stereocenters. The van der Waals surface area contributed by atoms with E-state index in [1.54, 1.807) is 12.1 Å². The molecular weight excluding hydrogens is 377 g/mol. The lowest BCUT2D eigenvalue weighted by molar-refractivity contribution is -0.147. The Bertz CT molecular complexity index is 770. The van der Waals surface area contributed by atoms with Gasteiger partial charge in [0.15, 0.2) is 10.9 Å². The number of carbonyl (C=O) groups excluding carboxylic acids is 2. The summed E-state index contributed by atoms with van der Waals surface area (Å²) in [4.78, 5) is 24.4. The molecule has 2 aromatic rings. The van der Waals surface area contributed by atoms with Crippen LogP contribution in [0.25, 0.3) is 0 Å². The van der Waals surface area contributed by atoms with Crippen LogP contribution in [0.5, 0.6) is 0 Å². The highest BCUT2D eigenvalue weighted by Crippen LogP contribution is 2.30. The Balaban J connectivity index is 1.92. The number of rotatable bonds is 7. The summed E-state index contributed by atoms with van der Waals surface area (Å²) >= 11 is 2.21. The van der Waals surface area contributed by atoms with E-state index in [4.69, 9.17) is 0 Å². The number of alkyl halides is 3. The van der Waals surface area contributed by atoms with E-state index in [2.05, 4.69) is 15.5 Å². The standard InChI is InChI=1S/C14H15F3N4O2S2/c1-8(22)18-6-5-9-3-4-11(25-9)10(23)7-24-13-20-19-12(21(13)2)14(15,16)17/h3-4H,5-7H2,1-2H3,(H,18,22). The zero-order valence-electron chi connectivity index (χ0n) is 13.4. The van der Waals surface area contributed by atoms with Crippen molar-refractivity contribution >= 4 is 34.8 Å². The van der Waals surface area contributed by atoms with Crippen LogP contribution in [0, 0.1) is 0 Å². The van der Waals surface area contributed by atoms with Crippen molar-refractivity contribution in [2.75, 3.05) is 12.3 Å². The average Bonchev–Trinajstić information content (AvgIpc) is 3.11. The number of thiophene rings is 1. The minimum Gasteiger partial charge on any atom is -0.356 e. The van der Waals surface area contributed by atoms with Crippen molar-refractivity contribution in [3.05, 3.63) is 27.7 Å². The summed E-state index contributed by atoms with van der Waals surface area (Å²) < 4.78 is 38.8. The third-order valence-electron chi connectivity index (χ3n) is 3.10. The van der Waals surface area contributed by atoms with Crippen LogP contribution < -0.4 is 5.32 Å². The molecule has 0 aliphatic heterocycles. The van der Waals surface area contributed by atoms with E-state index < -0.39 is 12.0 Å². The lowest BCUT2D eigenvalue weighted by atomic mass is 10.3. The van der Waals surface area contributed by atoms with Gasteiger partial charge in [0.25, 0.3) is 0 Å². The molecule has 2 heterocycles. The molecule has 2 aromatic heterocycles. The predicted molar refractivity (Wildman–Crippen MR) is 87.8 cm³/mol. The summed E-state index contributed by atoms with van der Waals surface area (Å²) in [5, 5.41) is 9.29. The van der Waals surface area contributed by atoms with Crippen molar-refractivity contribution in [2.24, 2.45) is 7.05 Å². The Morgan fingerprint density at radius 2 is 2.04 bits per heavy atom. The van der Waals surface area contributed by atoms with Gasteiger partial charge < -0.3 is 9.88 Å². The van der Waals surface area contributed by atoms with Gasteiger partial charge in [-0.15, -0.1) is 21.5 Å². The summed E-state index contributed by atoms with van der Waals surface area (Å²) in [5.41, 5.74) is 0. The second-order valence-corrected chi connectivity index (χ2v) is 7.18. The van der Waals surface area contributed by atoms with Gasteiger partial charge >= 0.3 is 6.18 Å². The topological polar surface area (TPSA) is 76.9 Å². The molecule has 0 spiro atoms. The highest BCUT2D eigenvalue weighted by atomic mass is 32.2. The summed E-state index contributed by atoms with van der Waals surface area (Å²) in [5.74, 6) is -1.45. The largest absolute Gasteiger partial charge is 0.451 e. The van der Waals surface area contributed by atoms with Crippen LogP contribution in [-0.2, 0) is 24.4 Å². The summed E-state index contributed by atoms with van der Waals surface area (Å²) in [6, 6.07) is 3.48. The average molecular weight is 392 g/mol. The fourth-order valence-electron chi connectivity index (χ4n) is 1.91. The molecule has 0 fully saturated rings. The fourth-order valence-corrected chi connectivity index (χ4v) is 3.74. The zero-order valence-corrected chi connectivity index (χ0v) is 15.0. The van der Waals surface area contributed by atoms with Crippen LogP contribution in [0.3, 0.4) is 0 Å². The van der Waals surface area contributed by atoms with Gasteiger partial charge in [0, 0.05) is 25.4 Å². The highest BCUT2D eigenvalue weighted by molar-refractivity contribution is 7.99. The Kier molecular flexibility index (Phi) is 6.22. The molecule has 0 bridgehead atoms. The molecule has 0 aliphatic carbocycles. The Morgan fingerprint density at radius 3 is 2.64 bits per heavy atom. The second-order valence-electron chi connectivity index (χ2n) is 5.07. The molecular formula is C14H15F3N4O2S2. The number of Topliss-reactive ketones (excluding diaryl/α,β-unsaturated/α-hetero) is 1. The molecule has 0 saturated carbocycles. The molecule has 1 amide bonds. The maximum Gasteiger partial charge on any atom is 0.451 e. The fraction of sp³-hybridized carbons (Fsp3) is 0.429. The number of hydrogen-bond acceptors (Lipinski definition) is 6. The maximum atomic E-state index is 12.7. The molecule has 0 aliphatic rings. The van der Waals surface area contributed by atoms with Crippen molar-refractivity contribution < 1.29 is 22.8 Å². The zero-order chi connectivity index (χ0) is 18.6. The normalized spacial score (nSPS) is 11.6. The molecule has 0 saturated heterocycles. The first kappa shape index (κ1) is 19.4.